The number of carbonyl (C=O) groups is 1. The SMILES string of the molecule is O=C(NC1CCCCCC1)c1cc([N+](=O)[O-])c[nH]1. The van der Waals surface area contributed by atoms with Gasteiger partial charge in [0.05, 0.1) is 11.1 Å². The van der Waals surface area contributed by atoms with Crippen molar-refractivity contribution in [1.29, 1.82) is 0 Å². The average molecular weight is 251 g/mol. The number of nitro groups is 1. The lowest BCUT2D eigenvalue weighted by Crippen LogP contribution is -2.34. The van der Waals surface area contributed by atoms with Crippen LogP contribution in [-0.4, -0.2) is 21.9 Å². The van der Waals surface area contributed by atoms with Gasteiger partial charge in [-0.1, -0.05) is 25.7 Å². The summed E-state index contributed by atoms with van der Waals surface area (Å²) in [4.78, 5) is 24.5. The molecule has 1 aromatic rings. The molecule has 2 N–H and O–H groups in total. The molecule has 1 aliphatic rings. The van der Waals surface area contributed by atoms with Crippen LogP contribution < -0.4 is 5.32 Å². The van der Waals surface area contributed by atoms with Crippen LogP contribution >= 0.6 is 0 Å². The van der Waals surface area contributed by atoms with Gasteiger partial charge in [0.25, 0.3) is 11.6 Å². The predicted octanol–water partition coefficient (Wildman–Crippen LogP) is 2.38. The molecule has 0 radical (unpaired) electrons. The van der Waals surface area contributed by atoms with Gasteiger partial charge in [-0.05, 0) is 12.8 Å². The third kappa shape index (κ3) is 3.09. The molecule has 1 saturated carbocycles. The van der Waals surface area contributed by atoms with Crippen LogP contribution in [-0.2, 0) is 0 Å². The normalized spacial score (nSPS) is 17.1. The van der Waals surface area contributed by atoms with E-state index in [-0.39, 0.29) is 23.3 Å². The maximum atomic E-state index is 11.9. The van der Waals surface area contributed by atoms with Crippen LogP contribution in [0.1, 0.15) is 49.0 Å². The van der Waals surface area contributed by atoms with Gasteiger partial charge in [0, 0.05) is 12.1 Å². The third-order valence-electron chi connectivity index (χ3n) is 3.31. The Kier molecular flexibility index (Phi) is 3.96. The zero-order valence-electron chi connectivity index (χ0n) is 10.1. The molecule has 0 saturated heterocycles. The van der Waals surface area contributed by atoms with E-state index in [0.29, 0.717) is 0 Å². The van der Waals surface area contributed by atoms with Crippen molar-refractivity contribution in [2.75, 3.05) is 0 Å². The minimum Gasteiger partial charge on any atom is -0.351 e. The molecule has 0 aromatic carbocycles. The Morgan fingerprint density at radius 2 is 2.00 bits per heavy atom. The molecule has 0 unspecified atom stereocenters. The van der Waals surface area contributed by atoms with Gasteiger partial charge < -0.3 is 10.3 Å². The minimum absolute atomic E-state index is 0.0824. The molecule has 98 valence electrons. The number of nitrogens with zero attached hydrogens (tertiary/aromatic N) is 1. The van der Waals surface area contributed by atoms with Crippen LogP contribution in [0.2, 0.25) is 0 Å². The van der Waals surface area contributed by atoms with Gasteiger partial charge in [0.1, 0.15) is 5.69 Å². The molecular weight excluding hydrogens is 234 g/mol. The van der Waals surface area contributed by atoms with E-state index in [4.69, 9.17) is 0 Å². The van der Waals surface area contributed by atoms with E-state index < -0.39 is 4.92 Å². The molecule has 2 rings (SSSR count). The number of rotatable bonds is 3. The molecule has 1 heterocycles. The minimum atomic E-state index is -0.515. The Morgan fingerprint density at radius 1 is 1.33 bits per heavy atom. The Balaban J connectivity index is 1.95. The van der Waals surface area contributed by atoms with Gasteiger partial charge in [-0.3, -0.25) is 14.9 Å². The van der Waals surface area contributed by atoms with Crippen molar-refractivity contribution >= 4 is 11.6 Å². The van der Waals surface area contributed by atoms with Gasteiger partial charge in [-0.25, -0.2) is 0 Å². The van der Waals surface area contributed by atoms with Crippen molar-refractivity contribution in [3.63, 3.8) is 0 Å². The number of hydrogen-bond acceptors (Lipinski definition) is 3. The summed E-state index contributed by atoms with van der Waals surface area (Å²) in [6, 6.07) is 1.47. The fourth-order valence-corrected chi connectivity index (χ4v) is 2.31. The molecule has 1 amide bonds. The van der Waals surface area contributed by atoms with E-state index in [2.05, 4.69) is 10.3 Å². The number of H-pyrrole nitrogens is 1. The van der Waals surface area contributed by atoms with Gasteiger partial charge in [0.15, 0.2) is 0 Å². The summed E-state index contributed by atoms with van der Waals surface area (Å²) in [5.41, 5.74) is 0.173. The van der Waals surface area contributed by atoms with E-state index in [1.54, 1.807) is 0 Å². The molecule has 0 spiro atoms. The molecule has 6 heteroatoms. The van der Waals surface area contributed by atoms with E-state index in [1.165, 1.54) is 25.1 Å². The van der Waals surface area contributed by atoms with Crippen LogP contribution in [0.15, 0.2) is 12.3 Å². The fraction of sp³-hybridized carbons (Fsp3) is 0.583. The van der Waals surface area contributed by atoms with Crippen molar-refractivity contribution in [2.45, 2.75) is 44.6 Å². The highest BCUT2D eigenvalue weighted by atomic mass is 16.6. The molecular formula is C12H17N3O3. The predicted molar refractivity (Wildman–Crippen MR) is 66.4 cm³/mol. The second-order valence-corrected chi connectivity index (χ2v) is 4.69. The largest absolute Gasteiger partial charge is 0.351 e. The van der Waals surface area contributed by atoms with Gasteiger partial charge in [-0.2, -0.15) is 0 Å². The topological polar surface area (TPSA) is 88.0 Å². The summed E-state index contributed by atoms with van der Waals surface area (Å²) in [5, 5.41) is 13.5. The monoisotopic (exact) mass is 251 g/mol. The fourth-order valence-electron chi connectivity index (χ4n) is 2.31. The lowest BCUT2D eigenvalue weighted by Gasteiger charge is -2.15. The number of nitrogens with one attached hydrogen (secondary N) is 2. The zero-order valence-corrected chi connectivity index (χ0v) is 10.1. The summed E-state index contributed by atoms with van der Waals surface area (Å²) in [6.07, 6.45) is 7.94. The maximum absolute atomic E-state index is 11.9. The highest BCUT2D eigenvalue weighted by Crippen LogP contribution is 2.18. The Morgan fingerprint density at radius 3 is 2.56 bits per heavy atom. The Bertz CT molecular complexity index is 434. The maximum Gasteiger partial charge on any atom is 0.287 e. The molecule has 18 heavy (non-hydrogen) atoms. The second-order valence-electron chi connectivity index (χ2n) is 4.69. The summed E-state index contributed by atoms with van der Waals surface area (Å²) >= 11 is 0. The summed E-state index contributed by atoms with van der Waals surface area (Å²) in [6.45, 7) is 0. The number of aromatic nitrogens is 1. The highest BCUT2D eigenvalue weighted by molar-refractivity contribution is 5.93. The lowest BCUT2D eigenvalue weighted by atomic mass is 10.1. The van der Waals surface area contributed by atoms with Crippen LogP contribution in [0, 0.1) is 10.1 Å². The van der Waals surface area contributed by atoms with E-state index in [0.717, 1.165) is 25.7 Å². The van der Waals surface area contributed by atoms with Gasteiger partial charge in [0.2, 0.25) is 0 Å². The molecule has 1 aromatic heterocycles. The molecule has 1 fully saturated rings. The first kappa shape index (κ1) is 12.6. The second kappa shape index (κ2) is 5.66. The summed E-state index contributed by atoms with van der Waals surface area (Å²) < 4.78 is 0. The summed E-state index contributed by atoms with van der Waals surface area (Å²) in [7, 11) is 0. The Hall–Kier alpha value is -1.85. The van der Waals surface area contributed by atoms with Crippen LogP contribution in [0.5, 0.6) is 0 Å². The molecule has 0 atom stereocenters. The smallest absolute Gasteiger partial charge is 0.287 e. The van der Waals surface area contributed by atoms with Crippen LogP contribution in [0.3, 0.4) is 0 Å². The quantitative estimate of drug-likeness (QED) is 0.491. The highest BCUT2D eigenvalue weighted by Gasteiger charge is 2.18. The van der Waals surface area contributed by atoms with E-state index in [1.807, 2.05) is 0 Å². The molecule has 6 nitrogen and oxygen atoms in total. The van der Waals surface area contributed by atoms with Gasteiger partial charge in [-0.15, -0.1) is 0 Å². The Labute approximate surface area is 105 Å². The first-order chi connectivity index (χ1) is 8.66. The van der Waals surface area contributed by atoms with Crippen molar-refractivity contribution in [1.82, 2.24) is 10.3 Å². The van der Waals surface area contributed by atoms with Crippen LogP contribution in [0.4, 0.5) is 5.69 Å². The van der Waals surface area contributed by atoms with Crippen LogP contribution in [0.25, 0.3) is 0 Å². The summed E-state index contributed by atoms with van der Waals surface area (Å²) in [5.74, 6) is -0.255. The molecule has 0 bridgehead atoms. The first-order valence-electron chi connectivity index (χ1n) is 6.30. The number of aromatic amines is 1. The van der Waals surface area contributed by atoms with Crippen molar-refractivity contribution in [3.8, 4) is 0 Å². The third-order valence-corrected chi connectivity index (χ3v) is 3.31. The van der Waals surface area contributed by atoms with E-state index >= 15 is 0 Å². The zero-order chi connectivity index (χ0) is 13.0. The lowest BCUT2D eigenvalue weighted by molar-refractivity contribution is -0.384. The molecule has 1 aliphatic carbocycles. The first-order valence-corrected chi connectivity index (χ1v) is 6.30. The standard InChI is InChI=1S/C12H17N3O3/c16-12(11-7-10(8-13-11)15(17)18)14-9-5-3-1-2-4-6-9/h7-9,13H,1-6H2,(H,14,16). The van der Waals surface area contributed by atoms with Gasteiger partial charge >= 0.3 is 0 Å². The number of hydrogen-bond donors (Lipinski definition) is 2. The van der Waals surface area contributed by atoms with Crippen molar-refractivity contribution in [2.24, 2.45) is 0 Å². The van der Waals surface area contributed by atoms with Crippen molar-refractivity contribution < 1.29 is 9.72 Å². The number of carbonyl (C=O) groups excluding carboxylic acids is 1. The van der Waals surface area contributed by atoms with E-state index in [9.17, 15) is 14.9 Å². The molecule has 0 aliphatic heterocycles. The van der Waals surface area contributed by atoms with Crippen molar-refractivity contribution in [3.05, 3.63) is 28.1 Å². The average Bonchev–Trinajstić information content (AvgIpc) is 2.70. The number of amides is 1.